The zero-order chi connectivity index (χ0) is 16.3. The normalized spacial score (nSPS) is 11.8. The summed E-state index contributed by atoms with van der Waals surface area (Å²) in [6.45, 7) is 2.45. The van der Waals surface area contributed by atoms with E-state index in [1.54, 1.807) is 17.7 Å². The Hall–Kier alpha value is -3.03. The molecule has 0 N–H and O–H groups in total. The van der Waals surface area contributed by atoms with Gasteiger partial charge in [-0.1, -0.05) is 0 Å². The number of rotatable bonds is 2. The van der Waals surface area contributed by atoms with Gasteiger partial charge in [-0.15, -0.1) is 0 Å². The second kappa shape index (κ2) is 4.48. The molecule has 23 heavy (non-hydrogen) atoms. The first-order valence-electron chi connectivity index (χ1n) is 7.15. The lowest BCUT2D eigenvalue weighted by Gasteiger charge is -2.03. The van der Waals surface area contributed by atoms with Crippen molar-refractivity contribution in [2.45, 2.75) is 13.5 Å². The zero-order valence-corrected chi connectivity index (χ0v) is 13.0. The van der Waals surface area contributed by atoms with E-state index in [0.29, 0.717) is 23.5 Å². The molecule has 0 bridgehead atoms. The van der Waals surface area contributed by atoms with Gasteiger partial charge in [0.15, 0.2) is 11.2 Å². The van der Waals surface area contributed by atoms with E-state index >= 15 is 0 Å². The number of fused-ring (bicyclic) bond motifs is 3. The molecule has 0 radical (unpaired) electrons. The molecule has 0 amide bonds. The van der Waals surface area contributed by atoms with E-state index in [0.717, 1.165) is 16.0 Å². The third kappa shape index (κ3) is 1.74. The molecule has 0 aliphatic heterocycles. The molecule has 0 aliphatic carbocycles. The van der Waals surface area contributed by atoms with Gasteiger partial charge in [-0.2, -0.15) is 4.98 Å². The minimum Gasteiger partial charge on any atom is -0.467 e. The highest BCUT2D eigenvalue weighted by molar-refractivity contribution is 5.75. The van der Waals surface area contributed by atoms with Crippen LogP contribution in [0, 0.1) is 6.92 Å². The minimum atomic E-state index is -0.391. The summed E-state index contributed by atoms with van der Waals surface area (Å²) in [5, 5.41) is 0. The van der Waals surface area contributed by atoms with Crippen molar-refractivity contribution in [2.24, 2.45) is 14.1 Å². The molecule has 4 rings (SSSR count). The number of aryl methyl sites for hydroxylation is 2. The molecule has 4 aromatic rings. The van der Waals surface area contributed by atoms with E-state index in [1.807, 2.05) is 29.8 Å². The molecule has 118 valence electrons. The fourth-order valence-corrected chi connectivity index (χ4v) is 2.88. The number of imidazole rings is 2. The van der Waals surface area contributed by atoms with E-state index in [9.17, 15) is 9.59 Å². The Morgan fingerprint density at radius 1 is 1.22 bits per heavy atom. The first-order valence-corrected chi connectivity index (χ1v) is 7.15. The maximum absolute atomic E-state index is 12.5. The third-order valence-electron chi connectivity index (χ3n) is 4.15. The van der Waals surface area contributed by atoms with Crippen molar-refractivity contribution >= 4 is 16.9 Å². The highest BCUT2D eigenvalue weighted by Gasteiger charge is 2.19. The van der Waals surface area contributed by atoms with Crippen LogP contribution in [0.3, 0.4) is 0 Å². The summed E-state index contributed by atoms with van der Waals surface area (Å²) >= 11 is 0. The SMILES string of the molecule is Cc1cn2c3c(=O)n(C)c(=O)n(C)c3nc2n1Cc1ccco1. The number of nitrogens with zero attached hydrogens (tertiary/aromatic N) is 5. The van der Waals surface area contributed by atoms with E-state index in [-0.39, 0.29) is 5.56 Å². The van der Waals surface area contributed by atoms with Gasteiger partial charge in [0.2, 0.25) is 5.78 Å². The van der Waals surface area contributed by atoms with Crippen LogP contribution in [0.25, 0.3) is 16.9 Å². The Morgan fingerprint density at radius 3 is 2.70 bits per heavy atom. The van der Waals surface area contributed by atoms with Crippen molar-refractivity contribution in [1.82, 2.24) is 23.1 Å². The quantitative estimate of drug-likeness (QED) is 0.544. The van der Waals surface area contributed by atoms with Gasteiger partial charge in [0.1, 0.15) is 5.76 Å². The summed E-state index contributed by atoms with van der Waals surface area (Å²) in [5.74, 6) is 1.40. The lowest BCUT2D eigenvalue weighted by molar-refractivity contribution is 0.494. The predicted molar refractivity (Wildman–Crippen MR) is 83.7 cm³/mol. The molecule has 0 aromatic carbocycles. The van der Waals surface area contributed by atoms with E-state index in [1.165, 1.54) is 11.6 Å². The smallest absolute Gasteiger partial charge is 0.332 e. The Bertz CT molecular complexity index is 1150. The Labute approximate surface area is 129 Å². The fraction of sp³-hybridized carbons (Fsp3) is 0.267. The van der Waals surface area contributed by atoms with Crippen LogP contribution in [0.4, 0.5) is 0 Å². The van der Waals surface area contributed by atoms with Crippen LogP contribution in [-0.4, -0.2) is 23.1 Å². The average Bonchev–Trinajstić information content (AvgIpc) is 3.21. The molecule has 0 atom stereocenters. The topological polar surface area (TPSA) is 79.4 Å². The van der Waals surface area contributed by atoms with Gasteiger partial charge in [-0.05, 0) is 19.1 Å². The lowest BCUT2D eigenvalue weighted by Crippen LogP contribution is -2.37. The van der Waals surface area contributed by atoms with Crippen molar-refractivity contribution in [2.75, 3.05) is 0 Å². The standard InChI is InChI=1S/C15H15N5O3/c1-9-7-20-11-12(17(2)15(22)18(3)13(11)21)16-14(20)19(9)8-10-5-4-6-23-10/h4-7H,8H2,1-3H3. The van der Waals surface area contributed by atoms with Crippen LogP contribution in [-0.2, 0) is 20.6 Å². The summed E-state index contributed by atoms with van der Waals surface area (Å²) in [6.07, 6.45) is 3.46. The number of furan rings is 1. The molecule has 8 heteroatoms. The van der Waals surface area contributed by atoms with Gasteiger partial charge < -0.3 is 8.98 Å². The highest BCUT2D eigenvalue weighted by atomic mass is 16.3. The molecule has 0 saturated heterocycles. The maximum Gasteiger partial charge on any atom is 0.332 e. The summed E-state index contributed by atoms with van der Waals surface area (Å²) in [7, 11) is 3.08. The third-order valence-corrected chi connectivity index (χ3v) is 4.15. The van der Waals surface area contributed by atoms with E-state index in [2.05, 4.69) is 4.98 Å². The molecule has 4 heterocycles. The molecule has 0 fully saturated rings. The zero-order valence-electron chi connectivity index (χ0n) is 13.0. The Balaban J connectivity index is 2.10. The highest BCUT2D eigenvalue weighted by Crippen LogP contribution is 2.17. The summed E-state index contributed by atoms with van der Waals surface area (Å²) in [5.41, 5.74) is 0.970. The second-order valence-corrected chi connectivity index (χ2v) is 5.60. The average molecular weight is 313 g/mol. The largest absolute Gasteiger partial charge is 0.467 e. The summed E-state index contributed by atoms with van der Waals surface area (Å²) in [4.78, 5) is 29.1. The van der Waals surface area contributed by atoms with Crippen LogP contribution in [0.1, 0.15) is 11.5 Å². The first-order chi connectivity index (χ1) is 11.0. The first kappa shape index (κ1) is 13.6. The van der Waals surface area contributed by atoms with Gasteiger partial charge in [0.05, 0.1) is 12.8 Å². The number of hydrogen-bond acceptors (Lipinski definition) is 4. The molecule has 8 nitrogen and oxygen atoms in total. The molecule has 0 unspecified atom stereocenters. The number of hydrogen-bond donors (Lipinski definition) is 0. The van der Waals surface area contributed by atoms with Crippen molar-refractivity contribution in [3.05, 3.63) is 56.9 Å². The van der Waals surface area contributed by atoms with Crippen molar-refractivity contribution in [3.63, 3.8) is 0 Å². The fourth-order valence-electron chi connectivity index (χ4n) is 2.88. The van der Waals surface area contributed by atoms with Crippen LogP contribution in [0.5, 0.6) is 0 Å². The van der Waals surface area contributed by atoms with Gasteiger partial charge in [0.25, 0.3) is 5.56 Å². The second-order valence-electron chi connectivity index (χ2n) is 5.60. The van der Waals surface area contributed by atoms with E-state index < -0.39 is 5.69 Å². The molecular formula is C15H15N5O3. The van der Waals surface area contributed by atoms with Gasteiger partial charge >= 0.3 is 5.69 Å². The van der Waals surface area contributed by atoms with Gasteiger partial charge in [-0.3, -0.25) is 18.3 Å². The van der Waals surface area contributed by atoms with Crippen LogP contribution in [0.15, 0.2) is 38.6 Å². The maximum atomic E-state index is 12.5. The van der Waals surface area contributed by atoms with Gasteiger partial charge in [-0.25, -0.2) is 4.79 Å². The predicted octanol–water partition coefficient (Wildman–Crippen LogP) is 0.636. The Kier molecular flexibility index (Phi) is 2.65. The molecule has 0 saturated carbocycles. The van der Waals surface area contributed by atoms with Crippen LogP contribution < -0.4 is 11.2 Å². The molecule has 0 spiro atoms. The monoisotopic (exact) mass is 313 g/mol. The van der Waals surface area contributed by atoms with Crippen LogP contribution in [0.2, 0.25) is 0 Å². The van der Waals surface area contributed by atoms with Crippen molar-refractivity contribution < 1.29 is 4.42 Å². The molecular weight excluding hydrogens is 298 g/mol. The Morgan fingerprint density at radius 2 is 2.00 bits per heavy atom. The number of aromatic nitrogens is 5. The van der Waals surface area contributed by atoms with Crippen molar-refractivity contribution in [1.29, 1.82) is 0 Å². The van der Waals surface area contributed by atoms with Gasteiger partial charge in [0, 0.05) is 26.0 Å². The van der Waals surface area contributed by atoms with E-state index in [4.69, 9.17) is 4.42 Å². The summed E-state index contributed by atoms with van der Waals surface area (Å²) in [6, 6.07) is 3.71. The molecule has 4 aromatic heterocycles. The minimum absolute atomic E-state index is 0.356. The lowest BCUT2D eigenvalue weighted by atomic mass is 10.4. The van der Waals surface area contributed by atoms with Crippen LogP contribution >= 0.6 is 0 Å². The summed E-state index contributed by atoms with van der Waals surface area (Å²) < 4.78 is 11.5. The molecule has 0 aliphatic rings. The van der Waals surface area contributed by atoms with Crippen molar-refractivity contribution in [3.8, 4) is 0 Å².